The van der Waals surface area contributed by atoms with E-state index in [1.54, 1.807) is 24.3 Å². The molecule has 2 atom stereocenters. The second-order valence-electron chi connectivity index (χ2n) is 12.6. The first-order valence-electron chi connectivity index (χ1n) is 17.0. The molecule has 5 rings (SSSR count). The largest absolute Gasteiger partial charge is 0.508 e. The lowest BCUT2D eigenvalue weighted by atomic mass is 10.0. The molecular weight excluding hydrogens is 626 g/mol. The van der Waals surface area contributed by atoms with Gasteiger partial charge in [-0.1, -0.05) is 97.1 Å². The maximum Gasteiger partial charge on any atom is 0.251 e. The molecule has 2 amide bonds. The lowest BCUT2D eigenvalue weighted by Gasteiger charge is -2.18. The van der Waals surface area contributed by atoms with Crippen molar-refractivity contribution in [2.45, 2.75) is 51.5 Å². The third-order valence-electron chi connectivity index (χ3n) is 8.68. The number of hydrogen-bond donors (Lipinski definition) is 6. The predicted octanol–water partition coefficient (Wildman–Crippen LogP) is 5.64. The van der Waals surface area contributed by atoms with E-state index in [1.165, 1.54) is 17.2 Å². The van der Waals surface area contributed by atoms with Crippen LogP contribution in [-0.2, 0) is 37.2 Å². The van der Waals surface area contributed by atoms with Crippen LogP contribution in [0.2, 0.25) is 0 Å². The highest BCUT2D eigenvalue weighted by molar-refractivity contribution is 5.94. The van der Waals surface area contributed by atoms with E-state index < -0.39 is 6.10 Å². The Labute approximate surface area is 293 Å². The Bertz CT molecular complexity index is 1840. The number of nitrogens with one attached hydrogen (secondary N) is 3. The molecule has 258 valence electrons. The van der Waals surface area contributed by atoms with E-state index in [4.69, 9.17) is 0 Å². The molecule has 5 aromatic carbocycles. The van der Waals surface area contributed by atoms with Crippen molar-refractivity contribution in [1.29, 1.82) is 0 Å². The van der Waals surface area contributed by atoms with Gasteiger partial charge >= 0.3 is 0 Å². The summed E-state index contributed by atoms with van der Waals surface area (Å²) in [7, 11) is 0. The van der Waals surface area contributed by atoms with Gasteiger partial charge in [-0.05, 0) is 83.0 Å². The quantitative estimate of drug-likeness (QED) is 0.0806. The second kappa shape index (κ2) is 17.9. The Morgan fingerprint density at radius 1 is 0.720 bits per heavy atom. The Hall–Kier alpha value is -5.28. The minimum Gasteiger partial charge on any atom is -0.508 e. The third kappa shape index (κ3) is 10.6. The first-order chi connectivity index (χ1) is 24.3. The lowest BCUT2D eigenvalue weighted by molar-refractivity contribution is -0.120. The van der Waals surface area contributed by atoms with Crippen molar-refractivity contribution in [2.75, 3.05) is 13.1 Å². The average Bonchev–Trinajstić information content (AvgIpc) is 3.14. The SMILES string of the molecule is C[C@H](Cc1cccc(CC(=O)NCc2ccc(C(=O)NCCc3ccc(-c4ccccc4)cc3)cc2)c1)NC[C@@H](O)c1ccc(O)c(CO)c1. The highest BCUT2D eigenvalue weighted by atomic mass is 16.3. The topological polar surface area (TPSA) is 131 Å². The van der Waals surface area contributed by atoms with E-state index in [2.05, 4.69) is 52.3 Å². The number of hydrogen-bond acceptors (Lipinski definition) is 6. The molecule has 50 heavy (non-hydrogen) atoms. The number of rotatable bonds is 16. The number of benzene rings is 5. The number of phenols is 1. The summed E-state index contributed by atoms with van der Waals surface area (Å²) in [6, 6.07) is 38.6. The predicted molar refractivity (Wildman–Crippen MR) is 197 cm³/mol. The lowest BCUT2D eigenvalue weighted by Crippen LogP contribution is -2.32. The number of carbonyl (C=O) groups is 2. The fourth-order valence-electron chi connectivity index (χ4n) is 5.80. The Morgan fingerprint density at radius 2 is 1.42 bits per heavy atom. The van der Waals surface area contributed by atoms with E-state index in [9.17, 15) is 24.9 Å². The van der Waals surface area contributed by atoms with Gasteiger partial charge in [0.1, 0.15) is 5.75 Å². The van der Waals surface area contributed by atoms with Gasteiger partial charge in [-0.2, -0.15) is 0 Å². The molecule has 0 fully saturated rings. The van der Waals surface area contributed by atoms with Crippen LogP contribution in [0.15, 0.2) is 121 Å². The zero-order valence-corrected chi connectivity index (χ0v) is 28.3. The minimum absolute atomic E-state index is 0.00208. The molecule has 0 aliphatic carbocycles. The summed E-state index contributed by atoms with van der Waals surface area (Å²) in [4.78, 5) is 25.4. The highest BCUT2D eigenvalue weighted by Gasteiger charge is 2.13. The summed E-state index contributed by atoms with van der Waals surface area (Å²) in [6.45, 7) is 2.95. The molecule has 8 nitrogen and oxygen atoms in total. The molecular formula is C42H45N3O5. The summed E-state index contributed by atoms with van der Waals surface area (Å²) in [5.41, 5.74) is 7.97. The first-order valence-corrected chi connectivity index (χ1v) is 17.0. The molecule has 0 aliphatic rings. The number of carbonyl (C=O) groups excluding carboxylic acids is 2. The van der Waals surface area contributed by atoms with Crippen LogP contribution in [0.4, 0.5) is 0 Å². The first kappa shape index (κ1) is 36.0. The molecule has 0 spiro atoms. The van der Waals surface area contributed by atoms with Crippen molar-refractivity contribution >= 4 is 11.8 Å². The zero-order valence-electron chi connectivity index (χ0n) is 28.3. The zero-order chi connectivity index (χ0) is 35.3. The molecule has 8 heteroatoms. The van der Waals surface area contributed by atoms with Gasteiger partial charge in [-0.3, -0.25) is 9.59 Å². The molecule has 0 saturated carbocycles. The Kier molecular flexibility index (Phi) is 12.9. The van der Waals surface area contributed by atoms with Crippen LogP contribution in [0.1, 0.15) is 56.8 Å². The maximum absolute atomic E-state index is 12.8. The monoisotopic (exact) mass is 671 g/mol. The van der Waals surface area contributed by atoms with Crippen molar-refractivity contribution in [3.8, 4) is 16.9 Å². The Balaban J connectivity index is 1.01. The fourth-order valence-corrected chi connectivity index (χ4v) is 5.80. The maximum atomic E-state index is 12.8. The normalized spacial score (nSPS) is 12.2. The molecule has 0 heterocycles. The second-order valence-corrected chi connectivity index (χ2v) is 12.6. The summed E-state index contributed by atoms with van der Waals surface area (Å²) in [5.74, 6) is -0.218. The van der Waals surface area contributed by atoms with Gasteiger partial charge in [-0.25, -0.2) is 0 Å². The molecule has 0 bridgehead atoms. The van der Waals surface area contributed by atoms with Gasteiger partial charge in [-0.15, -0.1) is 0 Å². The van der Waals surface area contributed by atoms with E-state index in [0.29, 0.717) is 42.7 Å². The van der Waals surface area contributed by atoms with Crippen molar-refractivity contribution in [3.05, 3.63) is 160 Å². The Morgan fingerprint density at radius 3 is 2.16 bits per heavy atom. The van der Waals surface area contributed by atoms with E-state index >= 15 is 0 Å². The van der Waals surface area contributed by atoms with Gasteiger partial charge in [0.25, 0.3) is 5.91 Å². The average molecular weight is 672 g/mol. The van der Waals surface area contributed by atoms with Crippen LogP contribution in [0, 0.1) is 0 Å². The number of aliphatic hydroxyl groups excluding tert-OH is 2. The van der Waals surface area contributed by atoms with Gasteiger partial charge in [0.2, 0.25) is 5.91 Å². The van der Waals surface area contributed by atoms with Crippen LogP contribution >= 0.6 is 0 Å². The van der Waals surface area contributed by atoms with Gasteiger partial charge in [0.15, 0.2) is 0 Å². The molecule has 5 aromatic rings. The van der Waals surface area contributed by atoms with Crippen LogP contribution in [0.25, 0.3) is 11.1 Å². The summed E-state index contributed by atoms with van der Waals surface area (Å²) >= 11 is 0. The van der Waals surface area contributed by atoms with Crippen molar-refractivity contribution in [1.82, 2.24) is 16.0 Å². The molecule has 6 N–H and O–H groups in total. The fraction of sp³-hybridized carbons (Fsp3) is 0.238. The van der Waals surface area contributed by atoms with Crippen molar-refractivity contribution < 1.29 is 24.9 Å². The summed E-state index contributed by atoms with van der Waals surface area (Å²) < 4.78 is 0. The van der Waals surface area contributed by atoms with Crippen molar-refractivity contribution in [2.24, 2.45) is 0 Å². The standard InChI is InChI=1S/C42H45N3O5/c1-29(44-27-40(48)37-18-19-39(47)38(25-37)28-46)22-32-6-5-7-33(23-32)24-41(49)45-26-31-12-16-36(17-13-31)42(50)43-21-20-30-10-14-35(15-11-30)34-8-3-2-4-9-34/h2-19,23,25,29,40,44,46-48H,20-22,24,26-28H2,1H3,(H,43,50)(H,45,49)/t29-,40-/m1/s1. The molecule has 0 saturated heterocycles. The number of aliphatic hydroxyl groups is 2. The van der Waals surface area contributed by atoms with Crippen LogP contribution in [-0.4, -0.2) is 46.3 Å². The number of amides is 2. The molecule has 0 unspecified atom stereocenters. The molecule has 0 aromatic heterocycles. The van der Waals surface area contributed by atoms with Crippen molar-refractivity contribution in [3.63, 3.8) is 0 Å². The van der Waals surface area contributed by atoms with Crippen LogP contribution in [0.3, 0.4) is 0 Å². The van der Waals surface area contributed by atoms with Gasteiger partial charge in [0, 0.05) is 36.8 Å². The summed E-state index contributed by atoms with van der Waals surface area (Å²) in [5, 5.41) is 39.0. The van der Waals surface area contributed by atoms with E-state index in [-0.39, 0.29) is 36.6 Å². The molecule has 0 radical (unpaired) electrons. The summed E-state index contributed by atoms with van der Waals surface area (Å²) in [6.07, 6.45) is 0.912. The molecule has 0 aliphatic heterocycles. The van der Waals surface area contributed by atoms with E-state index in [0.717, 1.165) is 28.7 Å². The van der Waals surface area contributed by atoms with Crippen LogP contribution < -0.4 is 16.0 Å². The van der Waals surface area contributed by atoms with Crippen LogP contribution in [0.5, 0.6) is 5.75 Å². The van der Waals surface area contributed by atoms with Gasteiger partial charge in [0.05, 0.1) is 19.1 Å². The number of aromatic hydroxyl groups is 1. The van der Waals surface area contributed by atoms with Gasteiger partial charge < -0.3 is 31.3 Å². The van der Waals surface area contributed by atoms with E-state index in [1.807, 2.05) is 61.5 Å². The smallest absolute Gasteiger partial charge is 0.251 e. The highest BCUT2D eigenvalue weighted by Crippen LogP contribution is 2.23. The third-order valence-corrected chi connectivity index (χ3v) is 8.68. The minimum atomic E-state index is -0.785.